The Morgan fingerprint density at radius 3 is 2.62 bits per heavy atom. The average molecular weight is 236 g/mol. The largest absolute Gasteiger partial charge is 0.324 e. The third-order valence-corrected chi connectivity index (χ3v) is 2.77. The second-order valence-electron chi connectivity index (χ2n) is 3.90. The van der Waals surface area contributed by atoms with Crippen LogP contribution in [0, 0.1) is 6.92 Å². The number of hydrogen-bond acceptors (Lipinski definition) is 2. The molecule has 84 valence electrons. The van der Waals surface area contributed by atoms with Gasteiger partial charge in [0.15, 0.2) is 0 Å². The van der Waals surface area contributed by atoms with Crippen LogP contribution in [-0.4, -0.2) is 9.78 Å². The summed E-state index contributed by atoms with van der Waals surface area (Å²) in [5.74, 6) is 0. The Morgan fingerprint density at radius 1 is 1.38 bits per heavy atom. The van der Waals surface area contributed by atoms with E-state index in [0.29, 0.717) is 5.02 Å². The standard InChI is InChI=1S/C12H14ClN3/c1-8-5-6-16(15-8)12-4-3-10(9(2)14)7-11(12)13/h3-7,9H,14H2,1-2H3/t9-/m0/s1. The topological polar surface area (TPSA) is 43.8 Å². The Bertz CT molecular complexity index is 503. The molecule has 0 unspecified atom stereocenters. The number of nitrogens with two attached hydrogens (primary N) is 1. The number of nitrogens with zero attached hydrogens (tertiary/aromatic N) is 2. The number of benzene rings is 1. The van der Waals surface area contributed by atoms with Crippen molar-refractivity contribution < 1.29 is 0 Å². The molecule has 4 heteroatoms. The van der Waals surface area contributed by atoms with Gasteiger partial charge in [-0.2, -0.15) is 5.10 Å². The van der Waals surface area contributed by atoms with Gasteiger partial charge < -0.3 is 5.73 Å². The van der Waals surface area contributed by atoms with E-state index < -0.39 is 0 Å². The highest BCUT2D eigenvalue weighted by atomic mass is 35.5. The van der Waals surface area contributed by atoms with Crippen LogP contribution in [0.5, 0.6) is 0 Å². The van der Waals surface area contributed by atoms with Gasteiger partial charge in [0.25, 0.3) is 0 Å². The van der Waals surface area contributed by atoms with Crippen LogP contribution in [0.2, 0.25) is 5.02 Å². The molecule has 2 aromatic rings. The normalized spacial score (nSPS) is 12.8. The summed E-state index contributed by atoms with van der Waals surface area (Å²) in [5.41, 5.74) is 8.66. The van der Waals surface area contributed by atoms with Crippen LogP contribution >= 0.6 is 11.6 Å². The molecule has 2 N–H and O–H groups in total. The molecule has 3 nitrogen and oxygen atoms in total. The zero-order chi connectivity index (χ0) is 11.7. The minimum atomic E-state index is -0.00842. The van der Waals surface area contributed by atoms with Crippen LogP contribution in [0.3, 0.4) is 0 Å². The Labute approximate surface area is 99.8 Å². The number of aromatic nitrogens is 2. The fourth-order valence-electron chi connectivity index (χ4n) is 1.54. The summed E-state index contributed by atoms with van der Waals surface area (Å²) < 4.78 is 1.77. The third-order valence-electron chi connectivity index (χ3n) is 2.47. The molecule has 16 heavy (non-hydrogen) atoms. The van der Waals surface area contributed by atoms with Gasteiger partial charge in [-0.15, -0.1) is 0 Å². The monoisotopic (exact) mass is 235 g/mol. The maximum absolute atomic E-state index is 6.20. The van der Waals surface area contributed by atoms with E-state index in [1.54, 1.807) is 4.68 Å². The lowest BCUT2D eigenvalue weighted by Crippen LogP contribution is -2.05. The molecule has 1 heterocycles. The van der Waals surface area contributed by atoms with Gasteiger partial charge in [-0.1, -0.05) is 17.7 Å². The summed E-state index contributed by atoms with van der Waals surface area (Å²) >= 11 is 6.20. The molecule has 0 aliphatic heterocycles. The molecule has 0 radical (unpaired) electrons. The number of halogens is 1. The van der Waals surface area contributed by atoms with Crippen molar-refractivity contribution in [3.05, 3.63) is 46.7 Å². The van der Waals surface area contributed by atoms with E-state index in [2.05, 4.69) is 5.10 Å². The summed E-state index contributed by atoms with van der Waals surface area (Å²) in [6.45, 7) is 3.88. The van der Waals surface area contributed by atoms with Gasteiger partial charge in [-0.25, -0.2) is 4.68 Å². The molecule has 0 spiro atoms. The summed E-state index contributed by atoms with van der Waals surface area (Å²) in [6, 6.07) is 7.73. The molecule has 0 aliphatic carbocycles. The van der Waals surface area contributed by atoms with Crippen molar-refractivity contribution in [2.24, 2.45) is 5.73 Å². The second-order valence-corrected chi connectivity index (χ2v) is 4.31. The van der Waals surface area contributed by atoms with E-state index in [-0.39, 0.29) is 6.04 Å². The molecular formula is C12H14ClN3. The van der Waals surface area contributed by atoms with E-state index in [9.17, 15) is 0 Å². The molecule has 2 rings (SSSR count). The minimum Gasteiger partial charge on any atom is -0.324 e. The van der Waals surface area contributed by atoms with Gasteiger partial charge in [-0.05, 0) is 37.6 Å². The Morgan fingerprint density at radius 2 is 2.12 bits per heavy atom. The molecule has 1 aromatic heterocycles. The first kappa shape index (κ1) is 11.2. The van der Waals surface area contributed by atoms with Crippen molar-refractivity contribution in [1.29, 1.82) is 0 Å². The summed E-state index contributed by atoms with van der Waals surface area (Å²) in [4.78, 5) is 0. The van der Waals surface area contributed by atoms with E-state index in [0.717, 1.165) is 16.9 Å². The summed E-state index contributed by atoms with van der Waals surface area (Å²) in [7, 11) is 0. The van der Waals surface area contributed by atoms with Crippen molar-refractivity contribution in [1.82, 2.24) is 9.78 Å². The Balaban J connectivity index is 2.44. The zero-order valence-electron chi connectivity index (χ0n) is 9.31. The summed E-state index contributed by atoms with van der Waals surface area (Å²) in [5, 5.41) is 4.98. The predicted octanol–water partition coefficient (Wildman–Crippen LogP) is 2.85. The van der Waals surface area contributed by atoms with Crippen molar-refractivity contribution in [3.8, 4) is 5.69 Å². The average Bonchev–Trinajstić information content (AvgIpc) is 2.64. The van der Waals surface area contributed by atoms with Crippen molar-refractivity contribution >= 4 is 11.6 Å². The first-order valence-electron chi connectivity index (χ1n) is 5.15. The molecule has 0 aliphatic rings. The Kier molecular flexibility index (Phi) is 2.99. The SMILES string of the molecule is Cc1ccn(-c2ccc([C@H](C)N)cc2Cl)n1. The van der Waals surface area contributed by atoms with Gasteiger partial charge in [0, 0.05) is 12.2 Å². The molecule has 0 amide bonds. The highest BCUT2D eigenvalue weighted by molar-refractivity contribution is 6.32. The fraction of sp³-hybridized carbons (Fsp3) is 0.250. The van der Waals surface area contributed by atoms with Crippen LogP contribution in [0.4, 0.5) is 0 Å². The summed E-state index contributed by atoms with van der Waals surface area (Å²) in [6.07, 6.45) is 1.89. The molecule has 1 atom stereocenters. The molecule has 0 bridgehead atoms. The lowest BCUT2D eigenvalue weighted by Gasteiger charge is -2.09. The molecule has 0 fully saturated rings. The van der Waals surface area contributed by atoms with Crippen LogP contribution in [0.15, 0.2) is 30.5 Å². The second kappa shape index (κ2) is 4.28. The number of rotatable bonds is 2. The molecule has 0 saturated carbocycles. The first-order chi connectivity index (χ1) is 7.58. The fourth-order valence-corrected chi connectivity index (χ4v) is 1.82. The maximum Gasteiger partial charge on any atom is 0.0832 e. The zero-order valence-corrected chi connectivity index (χ0v) is 10.1. The highest BCUT2D eigenvalue weighted by Gasteiger charge is 2.07. The predicted molar refractivity (Wildman–Crippen MR) is 65.9 cm³/mol. The lowest BCUT2D eigenvalue weighted by atomic mass is 10.1. The van der Waals surface area contributed by atoms with E-state index in [4.69, 9.17) is 17.3 Å². The maximum atomic E-state index is 6.20. The van der Waals surface area contributed by atoms with E-state index >= 15 is 0 Å². The highest BCUT2D eigenvalue weighted by Crippen LogP contribution is 2.23. The quantitative estimate of drug-likeness (QED) is 0.870. The van der Waals surface area contributed by atoms with Crippen molar-refractivity contribution in [2.75, 3.05) is 0 Å². The third kappa shape index (κ3) is 2.10. The minimum absolute atomic E-state index is 0.00842. The van der Waals surface area contributed by atoms with Crippen molar-refractivity contribution in [3.63, 3.8) is 0 Å². The number of hydrogen-bond donors (Lipinski definition) is 1. The van der Waals surface area contributed by atoms with Crippen molar-refractivity contribution in [2.45, 2.75) is 19.9 Å². The van der Waals surface area contributed by atoms with Crippen LogP contribution < -0.4 is 5.73 Å². The van der Waals surface area contributed by atoms with Gasteiger partial charge in [0.2, 0.25) is 0 Å². The first-order valence-corrected chi connectivity index (χ1v) is 5.53. The van der Waals surface area contributed by atoms with Gasteiger partial charge in [0.05, 0.1) is 16.4 Å². The van der Waals surface area contributed by atoms with E-state index in [1.807, 2.05) is 44.3 Å². The van der Waals surface area contributed by atoms with Gasteiger partial charge >= 0.3 is 0 Å². The van der Waals surface area contributed by atoms with Crippen LogP contribution in [-0.2, 0) is 0 Å². The van der Waals surface area contributed by atoms with Gasteiger partial charge in [-0.3, -0.25) is 0 Å². The van der Waals surface area contributed by atoms with Crippen LogP contribution in [0.1, 0.15) is 24.2 Å². The lowest BCUT2D eigenvalue weighted by molar-refractivity contribution is 0.813. The Hall–Kier alpha value is -1.32. The van der Waals surface area contributed by atoms with Crippen LogP contribution in [0.25, 0.3) is 5.69 Å². The smallest absolute Gasteiger partial charge is 0.0832 e. The molecule has 0 saturated heterocycles. The van der Waals surface area contributed by atoms with E-state index in [1.165, 1.54) is 0 Å². The molecule has 1 aromatic carbocycles. The molecular weight excluding hydrogens is 222 g/mol. The number of aryl methyl sites for hydroxylation is 1. The van der Waals surface area contributed by atoms with Gasteiger partial charge in [0.1, 0.15) is 0 Å².